The van der Waals surface area contributed by atoms with Gasteiger partial charge in [-0.3, -0.25) is 0 Å². The molecule has 3 aliphatic carbocycles. The Morgan fingerprint density at radius 3 is 2.15 bits per heavy atom. The highest BCUT2D eigenvalue weighted by atomic mass is 16.5. The Morgan fingerprint density at radius 1 is 0.754 bits per heavy atom. The van der Waals surface area contributed by atoms with Crippen LogP contribution in [-0.2, 0) is 5.41 Å². The molecule has 0 aromatic heterocycles. The van der Waals surface area contributed by atoms with Crippen LogP contribution in [0.5, 0.6) is 5.75 Å². The van der Waals surface area contributed by atoms with Crippen LogP contribution in [-0.4, -0.2) is 6.61 Å². The summed E-state index contributed by atoms with van der Waals surface area (Å²) in [5.74, 6) is 6.69. The summed E-state index contributed by atoms with van der Waals surface area (Å²) < 4.78 is 5.98. The molecule has 1 heterocycles. The maximum atomic E-state index is 5.98. The molecule has 3 aromatic carbocycles. The highest BCUT2D eigenvalue weighted by Crippen LogP contribution is 2.45. The molecule has 0 bridgehead atoms. The number of rotatable bonds is 10. The third kappa shape index (κ3) is 14.6. The van der Waals surface area contributed by atoms with E-state index in [4.69, 9.17) is 11.2 Å². The molecule has 1 nitrogen and oxygen atoms in total. The van der Waals surface area contributed by atoms with Crippen molar-refractivity contribution in [3.8, 4) is 30.9 Å². The molecule has 0 fully saturated rings. The zero-order chi connectivity index (χ0) is 44.0. The maximum absolute atomic E-state index is 5.98. The SMILES string of the molecule is C#C.C#CCCCCCCCCC.C/C=C1\CCC(C)C(C)(C)c2cc(C3CC=CCC3)ccc21.Cc1ccc(C2C=CCC(c3ccc4c(c3)C(C)/C=C\CCO4)C2)cc1. The molecule has 1 heteroatoms. The minimum Gasteiger partial charge on any atom is -0.493 e. The fourth-order valence-electron chi connectivity index (χ4n) is 9.51. The first kappa shape index (κ1) is 49.2. The Kier molecular flexibility index (Phi) is 21.1. The number of fused-ring (bicyclic) bond motifs is 2. The van der Waals surface area contributed by atoms with Gasteiger partial charge in [-0.25, -0.2) is 0 Å². The average Bonchev–Trinajstić information content (AvgIpc) is 3.38. The first-order valence-corrected chi connectivity index (χ1v) is 24.0. The predicted octanol–water partition coefficient (Wildman–Crippen LogP) is 17.3. The molecule has 0 radical (unpaired) electrons. The van der Waals surface area contributed by atoms with E-state index in [2.05, 4.69) is 170 Å². The van der Waals surface area contributed by atoms with Crippen molar-refractivity contribution in [3.63, 3.8) is 0 Å². The summed E-state index contributed by atoms with van der Waals surface area (Å²) in [4.78, 5) is 0. The number of hydrogen-bond donors (Lipinski definition) is 0. The lowest BCUT2D eigenvalue weighted by Crippen LogP contribution is -2.26. The largest absolute Gasteiger partial charge is 0.493 e. The van der Waals surface area contributed by atoms with Crippen LogP contribution in [0.4, 0.5) is 0 Å². The molecule has 0 N–H and O–H groups in total. The van der Waals surface area contributed by atoms with Gasteiger partial charge in [0.15, 0.2) is 0 Å². The van der Waals surface area contributed by atoms with Crippen LogP contribution >= 0.6 is 0 Å². The molecule has 0 spiro atoms. The van der Waals surface area contributed by atoms with Gasteiger partial charge in [0.05, 0.1) is 6.61 Å². The van der Waals surface area contributed by atoms with Gasteiger partial charge in [0.2, 0.25) is 0 Å². The number of ether oxygens (including phenoxy) is 1. The summed E-state index contributed by atoms with van der Waals surface area (Å²) in [5, 5.41) is 0. The summed E-state index contributed by atoms with van der Waals surface area (Å²) in [6.07, 6.45) is 49.5. The van der Waals surface area contributed by atoms with Crippen molar-refractivity contribution in [2.45, 2.75) is 180 Å². The van der Waals surface area contributed by atoms with Crippen molar-refractivity contribution in [1.29, 1.82) is 0 Å². The highest BCUT2D eigenvalue weighted by molar-refractivity contribution is 5.70. The topological polar surface area (TPSA) is 9.23 Å². The minimum atomic E-state index is 0.264. The normalized spacial score (nSPS) is 23.5. The molecule has 61 heavy (non-hydrogen) atoms. The van der Waals surface area contributed by atoms with Crippen molar-refractivity contribution < 1.29 is 4.74 Å². The van der Waals surface area contributed by atoms with Crippen LogP contribution in [0.25, 0.3) is 5.57 Å². The van der Waals surface area contributed by atoms with E-state index < -0.39 is 0 Å². The number of allylic oxidation sites excluding steroid dienone is 7. The smallest absolute Gasteiger partial charge is 0.123 e. The van der Waals surface area contributed by atoms with Gasteiger partial charge in [0, 0.05) is 23.8 Å². The van der Waals surface area contributed by atoms with Crippen molar-refractivity contribution in [1.82, 2.24) is 0 Å². The van der Waals surface area contributed by atoms with E-state index in [0.717, 1.165) is 43.5 Å². The molecule has 0 saturated heterocycles. The molecular weight excluding hydrogens is 737 g/mol. The lowest BCUT2D eigenvalue weighted by molar-refractivity contribution is 0.318. The van der Waals surface area contributed by atoms with Gasteiger partial charge in [-0.2, -0.15) is 0 Å². The Labute approximate surface area is 374 Å². The summed E-state index contributed by atoms with van der Waals surface area (Å²) >= 11 is 0. The summed E-state index contributed by atoms with van der Waals surface area (Å²) in [6.45, 7) is 17.0. The molecule has 1 aliphatic heterocycles. The third-order valence-corrected chi connectivity index (χ3v) is 14.0. The van der Waals surface area contributed by atoms with E-state index in [0.29, 0.717) is 17.8 Å². The number of aryl methyl sites for hydroxylation is 1. The van der Waals surface area contributed by atoms with Crippen molar-refractivity contribution in [3.05, 3.63) is 142 Å². The first-order valence-electron chi connectivity index (χ1n) is 24.0. The average molecular weight is 817 g/mol. The Morgan fingerprint density at radius 2 is 1.44 bits per heavy atom. The second-order valence-electron chi connectivity index (χ2n) is 18.6. The molecule has 3 aromatic rings. The van der Waals surface area contributed by atoms with Crippen LogP contribution < -0.4 is 4.74 Å². The van der Waals surface area contributed by atoms with Gasteiger partial charge < -0.3 is 4.74 Å². The zero-order valence-electron chi connectivity index (χ0n) is 39.4. The van der Waals surface area contributed by atoms with Crippen molar-refractivity contribution >= 4 is 5.57 Å². The molecule has 5 atom stereocenters. The van der Waals surface area contributed by atoms with Crippen molar-refractivity contribution in [2.75, 3.05) is 6.61 Å². The van der Waals surface area contributed by atoms with Crippen LogP contribution in [0.2, 0.25) is 0 Å². The highest BCUT2D eigenvalue weighted by Gasteiger charge is 2.34. The van der Waals surface area contributed by atoms with Crippen LogP contribution in [0.3, 0.4) is 0 Å². The Balaban J connectivity index is 0.000000213. The fourth-order valence-corrected chi connectivity index (χ4v) is 9.51. The van der Waals surface area contributed by atoms with Gasteiger partial charge in [-0.05, 0) is 134 Å². The quantitative estimate of drug-likeness (QED) is 0.0857. The Bertz CT molecular complexity index is 1940. The molecule has 0 saturated carbocycles. The van der Waals surface area contributed by atoms with E-state index in [1.807, 2.05) is 0 Å². The van der Waals surface area contributed by atoms with E-state index in [-0.39, 0.29) is 5.41 Å². The standard InChI is InChI=1S/C25H28O.C22H30.C11H20.C2H2/c1-18-9-11-20(12-10-18)21-7-5-8-22(16-21)23-13-14-25-24(17-23)19(2)6-3-4-15-26-25;1-5-17-12-11-16(2)22(3,4)21-15-19(13-14-20(17)21)18-9-7-6-8-10-18;1-3-5-7-9-11-10-8-6-4-2;1-2/h3,5-7,9-14,17,19,21-22H,4,8,15-16H2,1-2H3;5-7,13-16,18H,8-12H2,1-4H3;1H,4-11H2,2H3;1-2H/b6-3-;17-5+;;. The predicted molar refractivity (Wildman–Crippen MR) is 268 cm³/mol. The molecule has 4 aliphatic rings. The first-order chi connectivity index (χ1) is 29.7. The fraction of sp³-hybridized carbons (Fsp3) is 0.500. The summed E-state index contributed by atoms with van der Waals surface area (Å²) in [7, 11) is 0. The monoisotopic (exact) mass is 817 g/mol. The van der Waals surface area contributed by atoms with Gasteiger partial charge in [0.1, 0.15) is 5.75 Å². The van der Waals surface area contributed by atoms with E-state index >= 15 is 0 Å². The number of unbranched alkanes of at least 4 members (excludes halogenated alkanes) is 7. The lowest BCUT2D eigenvalue weighted by Gasteiger charge is -2.33. The zero-order valence-corrected chi connectivity index (χ0v) is 39.4. The second-order valence-corrected chi connectivity index (χ2v) is 18.6. The van der Waals surface area contributed by atoms with Gasteiger partial charge >= 0.3 is 0 Å². The van der Waals surface area contributed by atoms with Crippen LogP contribution in [0.1, 0.15) is 207 Å². The maximum Gasteiger partial charge on any atom is 0.123 e. The van der Waals surface area contributed by atoms with E-state index in [9.17, 15) is 0 Å². The minimum absolute atomic E-state index is 0.264. The molecule has 0 amide bonds. The summed E-state index contributed by atoms with van der Waals surface area (Å²) in [5.41, 5.74) is 12.0. The molecular formula is C60H80O. The van der Waals surface area contributed by atoms with E-state index in [1.165, 1.54) is 111 Å². The number of terminal acetylenes is 2. The van der Waals surface area contributed by atoms with Crippen LogP contribution in [0, 0.1) is 38.0 Å². The Hall–Kier alpha value is -4.46. The lowest BCUT2D eigenvalue weighted by atomic mass is 9.71. The second kappa shape index (κ2) is 26.1. The van der Waals surface area contributed by atoms with Gasteiger partial charge in [-0.1, -0.05) is 176 Å². The van der Waals surface area contributed by atoms with Crippen molar-refractivity contribution in [2.24, 2.45) is 5.92 Å². The molecule has 326 valence electrons. The van der Waals surface area contributed by atoms with Crippen LogP contribution in [0.15, 0.2) is 103 Å². The van der Waals surface area contributed by atoms with Gasteiger partial charge in [0.25, 0.3) is 0 Å². The molecule has 5 unspecified atom stereocenters. The van der Waals surface area contributed by atoms with E-state index in [1.54, 1.807) is 16.7 Å². The van der Waals surface area contributed by atoms with Gasteiger partial charge in [-0.15, -0.1) is 25.2 Å². The summed E-state index contributed by atoms with van der Waals surface area (Å²) in [6, 6.07) is 23.3. The number of hydrogen-bond acceptors (Lipinski definition) is 1. The number of benzene rings is 3. The third-order valence-electron chi connectivity index (χ3n) is 14.0. The molecule has 7 rings (SSSR count).